The fourth-order valence-electron chi connectivity index (χ4n) is 4.82. The van der Waals surface area contributed by atoms with E-state index in [1.165, 1.54) is 0 Å². The van der Waals surface area contributed by atoms with E-state index in [4.69, 9.17) is 15.1 Å². The Labute approximate surface area is 212 Å². The van der Waals surface area contributed by atoms with Crippen LogP contribution in [0.4, 0.5) is 0 Å². The van der Waals surface area contributed by atoms with Crippen LogP contribution in [0, 0.1) is 0 Å². The molecule has 6 rings (SSSR count). The van der Waals surface area contributed by atoms with Crippen LogP contribution in [0.2, 0.25) is 0 Å². The molecule has 0 spiro atoms. The number of hydrogen-bond acceptors (Lipinski definition) is 3. The third-order valence-corrected chi connectivity index (χ3v) is 6.73. The second kappa shape index (κ2) is 8.93. The highest BCUT2D eigenvalue weighted by molar-refractivity contribution is 9.10. The maximum atomic E-state index is 5.27. The molecule has 0 unspecified atom stereocenters. The molecule has 0 aliphatic heterocycles. The lowest BCUT2D eigenvalue weighted by molar-refractivity contribution is 0.473. The summed E-state index contributed by atoms with van der Waals surface area (Å²) in [6, 6.07) is 41.4. The second-order valence-electron chi connectivity index (χ2n) is 8.29. The van der Waals surface area contributed by atoms with E-state index in [9.17, 15) is 0 Å². The van der Waals surface area contributed by atoms with Crippen LogP contribution in [-0.4, -0.2) is 19.7 Å². The van der Waals surface area contributed by atoms with E-state index in [1.807, 2.05) is 48.7 Å². The smallest absolute Gasteiger partial charge is 0.160 e. The molecule has 0 radical (unpaired) electrons. The summed E-state index contributed by atoms with van der Waals surface area (Å²) in [5.74, 6) is 0. The van der Waals surface area contributed by atoms with Gasteiger partial charge in [0.15, 0.2) is 5.65 Å². The van der Waals surface area contributed by atoms with Gasteiger partial charge in [-0.2, -0.15) is 5.10 Å². The lowest BCUT2D eigenvalue weighted by Crippen LogP contribution is -2.38. The van der Waals surface area contributed by atoms with E-state index in [0.29, 0.717) is 0 Å². The predicted octanol–water partition coefficient (Wildman–Crippen LogP) is 7.10. The minimum absolute atomic E-state index is 0.749. The normalized spacial score (nSPS) is 11.6. The van der Waals surface area contributed by atoms with Gasteiger partial charge in [-0.15, -0.1) is 0 Å². The molecule has 5 heteroatoms. The Bertz CT molecular complexity index is 1500. The standard InChI is InChI=1S/C30H21BrN4/c31-27-20-10-19-26(33-27)28-25-18-11-21-32-29(25)35(34-28)30(22-12-4-1-5-13-22,23-14-6-2-7-15-23)24-16-8-3-9-17-24/h1-21H. The number of fused-ring (bicyclic) bond motifs is 1. The van der Waals surface area contributed by atoms with Gasteiger partial charge in [0.05, 0.1) is 5.69 Å². The summed E-state index contributed by atoms with van der Waals surface area (Å²) in [5.41, 5.74) is 4.92. The molecule has 0 saturated heterocycles. The van der Waals surface area contributed by atoms with E-state index >= 15 is 0 Å². The summed E-state index contributed by atoms with van der Waals surface area (Å²) in [6.45, 7) is 0. The van der Waals surface area contributed by atoms with Gasteiger partial charge in [-0.1, -0.05) is 97.1 Å². The molecule has 0 aliphatic carbocycles. The van der Waals surface area contributed by atoms with Crippen LogP contribution in [-0.2, 0) is 5.54 Å². The number of benzene rings is 3. The first-order chi connectivity index (χ1) is 17.3. The maximum absolute atomic E-state index is 5.27. The molecule has 0 atom stereocenters. The average molecular weight is 517 g/mol. The largest absolute Gasteiger partial charge is 0.239 e. The lowest BCUT2D eigenvalue weighted by Gasteiger charge is -2.36. The minimum atomic E-state index is -0.749. The molecule has 0 saturated carbocycles. The fourth-order valence-corrected chi connectivity index (χ4v) is 5.16. The number of pyridine rings is 2. The SMILES string of the molecule is Brc1cccc(-c2nn(C(c3ccccc3)(c3ccccc3)c3ccccc3)c3ncccc23)n1. The highest BCUT2D eigenvalue weighted by Gasteiger charge is 2.41. The second-order valence-corrected chi connectivity index (χ2v) is 9.10. The van der Waals surface area contributed by atoms with Crippen LogP contribution in [0.5, 0.6) is 0 Å². The van der Waals surface area contributed by atoms with Crippen molar-refractivity contribution in [1.29, 1.82) is 0 Å². The van der Waals surface area contributed by atoms with Gasteiger partial charge in [0.2, 0.25) is 0 Å². The van der Waals surface area contributed by atoms with Crippen LogP contribution in [0.15, 0.2) is 132 Å². The van der Waals surface area contributed by atoms with Gasteiger partial charge in [0, 0.05) is 11.6 Å². The van der Waals surface area contributed by atoms with Crippen molar-refractivity contribution in [3.8, 4) is 11.4 Å². The first-order valence-corrected chi connectivity index (χ1v) is 12.2. The number of rotatable bonds is 5. The van der Waals surface area contributed by atoms with Crippen molar-refractivity contribution >= 4 is 27.0 Å². The fraction of sp³-hybridized carbons (Fsp3) is 0.0333. The molecule has 0 amide bonds. The zero-order valence-corrected chi connectivity index (χ0v) is 20.4. The molecule has 35 heavy (non-hydrogen) atoms. The third-order valence-electron chi connectivity index (χ3n) is 6.29. The van der Waals surface area contributed by atoms with Crippen molar-refractivity contribution in [1.82, 2.24) is 19.7 Å². The van der Waals surface area contributed by atoms with Crippen molar-refractivity contribution in [3.05, 3.63) is 149 Å². The van der Waals surface area contributed by atoms with Crippen molar-refractivity contribution in [2.24, 2.45) is 0 Å². The minimum Gasteiger partial charge on any atom is -0.239 e. The first-order valence-electron chi connectivity index (χ1n) is 11.4. The number of halogens is 1. The van der Waals surface area contributed by atoms with Crippen molar-refractivity contribution < 1.29 is 0 Å². The summed E-state index contributed by atoms with van der Waals surface area (Å²) < 4.78 is 2.84. The van der Waals surface area contributed by atoms with Crippen LogP contribution >= 0.6 is 15.9 Å². The van der Waals surface area contributed by atoms with Gasteiger partial charge in [0.25, 0.3) is 0 Å². The van der Waals surface area contributed by atoms with Crippen LogP contribution in [0.25, 0.3) is 22.4 Å². The van der Waals surface area contributed by atoms with E-state index < -0.39 is 5.54 Å². The Kier molecular flexibility index (Phi) is 5.47. The highest BCUT2D eigenvalue weighted by Crippen LogP contribution is 2.43. The molecule has 0 aliphatic rings. The quantitative estimate of drug-likeness (QED) is 0.181. The van der Waals surface area contributed by atoms with Gasteiger partial charge < -0.3 is 0 Å². The molecule has 4 nitrogen and oxygen atoms in total. The predicted molar refractivity (Wildman–Crippen MR) is 143 cm³/mol. The Morgan fingerprint density at radius 3 is 1.71 bits per heavy atom. The summed E-state index contributed by atoms with van der Waals surface area (Å²) in [5, 5.41) is 6.22. The van der Waals surface area contributed by atoms with Gasteiger partial charge in [-0.3, -0.25) is 0 Å². The van der Waals surface area contributed by atoms with Crippen LogP contribution in [0.3, 0.4) is 0 Å². The van der Waals surface area contributed by atoms with Crippen molar-refractivity contribution in [2.75, 3.05) is 0 Å². The van der Waals surface area contributed by atoms with Crippen molar-refractivity contribution in [2.45, 2.75) is 5.54 Å². The molecular weight excluding hydrogens is 496 g/mol. The molecule has 3 aromatic carbocycles. The molecule has 168 valence electrons. The Morgan fingerprint density at radius 2 is 1.17 bits per heavy atom. The lowest BCUT2D eigenvalue weighted by atomic mass is 9.77. The van der Waals surface area contributed by atoms with E-state index in [0.717, 1.165) is 43.7 Å². The van der Waals surface area contributed by atoms with E-state index in [1.54, 1.807) is 0 Å². The van der Waals surface area contributed by atoms with Gasteiger partial charge >= 0.3 is 0 Å². The third kappa shape index (κ3) is 3.56. The monoisotopic (exact) mass is 516 g/mol. The van der Waals surface area contributed by atoms with Crippen LogP contribution < -0.4 is 0 Å². The summed E-state index contributed by atoms with van der Waals surface area (Å²) in [7, 11) is 0. The molecule has 6 aromatic rings. The van der Waals surface area contributed by atoms with Gasteiger partial charge in [-0.05, 0) is 56.9 Å². The average Bonchev–Trinajstić information content (AvgIpc) is 3.31. The molecule has 3 aromatic heterocycles. The Morgan fingerprint density at radius 1 is 0.600 bits per heavy atom. The number of aromatic nitrogens is 4. The molecule has 0 bridgehead atoms. The number of hydrogen-bond donors (Lipinski definition) is 0. The maximum Gasteiger partial charge on any atom is 0.160 e. The Hall–Kier alpha value is -4.09. The first kappa shape index (κ1) is 21.4. The molecule has 0 fully saturated rings. The zero-order valence-electron chi connectivity index (χ0n) is 18.8. The van der Waals surface area contributed by atoms with E-state index in [2.05, 4.69) is 99.5 Å². The van der Waals surface area contributed by atoms with Gasteiger partial charge in [0.1, 0.15) is 15.8 Å². The van der Waals surface area contributed by atoms with Gasteiger partial charge in [-0.25, -0.2) is 14.6 Å². The highest BCUT2D eigenvalue weighted by atomic mass is 79.9. The van der Waals surface area contributed by atoms with Crippen molar-refractivity contribution in [3.63, 3.8) is 0 Å². The summed E-state index contributed by atoms with van der Waals surface area (Å²) in [6.07, 6.45) is 1.82. The molecule has 3 heterocycles. The van der Waals surface area contributed by atoms with Crippen LogP contribution in [0.1, 0.15) is 16.7 Å². The zero-order chi connectivity index (χ0) is 23.7. The summed E-state index contributed by atoms with van der Waals surface area (Å²) >= 11 is 3.52. The number of nitrogens with zero attached hydrogens (tertiary/aromatic N) is 4. The molecule has 0 N–H and O–H groups in total. The summed E-state index contributed by atoms with van der Waals surface area (Å²) in [4.78, 5) is 9.57. The Balaban J connectivity index is 1.78. The van der Waals surface area contributed by atoms with E-state index in [-0.39, 0.29) is 0 Å². The molecular formula is C30H21BrN4. The topological polar surface area (TPSA) is 43.6 Å².